The van der Waals surface area contributed by atoms with Gasteiger partial charge >= 0.3 is 6.18 Å². The van der Waals surface area contributed by atoms with Gasteiger partial charge in [0.25, 0.3) is 11.4 Å². The molecular weight excluding hydrogens is 449 g/mol. The van der Waals surface area contributed by atoms with Crippen LogP contribution in [0.5, 0.6) is 0 Å². The molecule has 4 aromatic rings. The minimum absolute atomic E-state index is 0. The molecule has 0 amide bonds. The van der Waals surface area contributed by atoms with E-state index in [0.29, 0.717) is 27.4 Å². The van der Waals surface area contributed by atoms with Gasteiger partial charge in [-0.05, 0) is 44.2 Å². The molecule has 3 aromatic heterocycles. The van der Waals surface area contributed by atoms with Crippen molar-refractivity contribution in [2.45, 2.75) is 33.1 Å². The Morgan fingerprint density at radius 3 is 2.59 bits per heavy atom. The lowest BCUT2D eigenvalue weighted by Crippen LogP contribution is -2.27. The number of rotatable bonds is 6. The molecule has 11 heteroatoms. The summed E-state index contributed by atoms with van der Waals surface area (Å²) in [7, 11) is 1.87. The number of pyridine rings is 1. The maximum atomic E-state index is 12.8. The highest BCUT2D eigenvalue weighted by atomic mass is 19.4. The Labute approximate surface area is 194 Å². The van der Waals surface area contributed by atoms with Crippen LogP contribution in [-0.2, 0) is 13.1 Å². The molecule has 0 aliphatic carbocycles. The number of nitrogens with zero attached hydrogens (tertiary/aromatic N) is 5. The molecule has 1 aromatic carbocycles. The monoisotopic (exact) mass is 472 g/mol. The summed E-state index contributed by atoms with van der Waals surface area (Å²) in [6.45, 7) is 2.98. The van der Waals surface area contributed by atoms with Crippen molar-refractivity contribution in [1.29, 1.82) is 0 Å². The number of aryl methyl sites for hydroxylation is 2. The van der Waals surface area contributed by atoms with Gasteiger partial charge in [0, 0.05) is 31.4 Å². The van der Waals surface area contributed by atoms with Crippen molar-refractivity contribution in [1.82, 2.24) is 30.0 Å². The fourth-order valence-corrected chi connectivity index (χ4v) is 3.50. The summed E-state index contributed by atoms with van der Waals surface area (Å²) >= 11 is 0. The number of nitrogens with one attached hydrogen (secondary N) is 1. The lowest BCUT2D eigenvalue weighted by Gasteiger charge is -2.11. The number of hydrogen-bond donors (Lipinski definition) is 1. The lowest BCUT2D eigenvalue weighted by molar-refractivity contribution is -0.141. The van der Waals surface area contributed by atoms with Gasteiger partial charge in [-0.15, -0.1) is 10.2 Å². The maximum absolute atomic E-state index is 12.8. The molecule has 34 heavy (non-hydrogen) atoms. The van der Waals surface area contributed by atoms with Gasteiger partial charge in [-0.3, -0.25) is 9.78 Å². The Hall–Kier alpha value is -3.86. The maximum Gasteiger partial charge on any atom is 0.406 e. The molecule has 0 radical (unpaired) electrons. The van der Waals surface area contributed by atoms with E-state index in [1.165, 1.54) is 12.3 Å². The van der Waals surface area contributed by atoms with E-state index in [1.807, 2.05) is 32.2 Å². The van der Waals surface area contributed by atoms with Crippen LogP contribution in [0.25, 0.3) is 34.3 Å². The van der Waals surface area contributed by atoms with Crippen LogP contribution in [0.4, 0.5) is 13.2 Å². The van der Waals surface area contributed by atoms with Gasteiger partial charge < -0.3 is 14.3 Å². The van der Waals surface area contributed by atoms with Crippen LogP contribution in [0.3, 0.4) is 0 Å². The van der Waals surface area contributed by atoms with E-state index in [9.17, 15) is 18.0 Å². The first-order valence-corrected chi connectivity index (χ1v) is 10.3. The highest BCUT2D eigenvalue weighted by Gasteiger charge is 2.28. The molecule has 0 bridgehead atoms. The van der Waals surface area contributed by atoms with E-state index in [1.54, 1.807) is 6.92 Å². The molecule has 4 rings (SSSR count). The first-order valence-electron chi connectivity index (χ1n) is 10.3. The molecule has 0 fully saturated rings. The SMILES string of the molecule is CNCc1ccc(-c2nnc(-c3nc(-c4ccc(=O)n(CC(F)(F)F)c4)cnc3C)o2)c(C)c1.[HH]. The highest BCUT2D eigenvalue weighted by molar-refractivity contribution is 5.64. The van der Waals surface area contributed by atoms with E-state index in [0.717, 1.165) is 35.5 Å². The molecule has 3 heterocycles. The third-order valence-electron chi connectivity index (χ3n) is 5.11. The lowest BCUT2D eigenvalue weighted by atomic mass is 10.1. The first-order chi connectivity index (χ1) is 16.1. The molecule has 8 nitrogen and oxygen atoms in total. The largest absolute Gasteiger partial charge is 0.415 e. The summed E-state index contributed by atoms with van der Waals surface area (Å²) in [5, 5.41) is 11.3. The Bertz CT molecular complexity index is 1400. The van der Waals surface area contributed by atoms with Crippen molar-refractivity contribution in [2.75, 3.05) is 7.05 Å². The van der Waals surface area contributed by atoms with Crippen LogP contribution in [0, 0.1) is 13.8 Å². The smallest absolute Gasteiger partial charge is 0.406 e. The third-order valence-corrected chi connectivity index (χ3v) is 5.11. The second-order valence-corrected chi connectivity index (χ2v) is 7.78. The van der Waals surface area contributed by atoms with Gasteiger partial charge in [-0.1, -0.05) is 12.1 Å². The number of alkyl halides is 3. The van der Waals surface area contributed by atoms with Crippen molar-refractivity contribution in [2.24, 2.45) is 0 Å². The molecule has 0 saturated heterocycles. The average Bonchev–Trinajstić information content (AvgIpc) is 3.25. The van der Waals surface area contributed by atoms with Crippen molar-refractivity contribution < 1.29 is 19.0 Å². The zero-order chi connectivity index (χ0) is 24.5. The van der Waals surface area contributed by atoms with E-state index in [2.05, 4.69) is 25.5 Å². The molecule has 0 spiro atoms. The van der Waals surface area contributed by atoms with E-state index in [-0.39, 0.29) is 13.0 Å². The van der Waals surface area contributed by atoms with E-state index >= 15 is 0 Å². The number of halogens is 3. The molecule has 0 unspecified atom stereocenters. The molecule has 178 valence electrons. The average molecular weight is 472 g/mol. The highest BCUT2D eigenvalue weighted by Crippen LogP contribution is 2.28. The van der Waals surface area contributed by atoms with Gasteiger partial charge in [-0.25, -0.2) is 4.98 Å². The standard InChI is InChI=1S/C23H21F3N6O2.H2/c1-13-8-15(9-27-3)4-6-17(13)21-30-31-22(34-21)20-14(2)28-10-18(29-20)16-5-7-19(33)32(11-16)12-23(24,25)26;/h4-8,10-11,27H,9,12H2,1-3H3;1H. The normalized spacial score (nSPS) is 11.7. The summed E-state index contributed by atoms with van der Waals surface area (Å²) in [6.07, 6.45) is -2.01. The number of benzene rings is 1. The van der Waals surface area contributed by atoms with Crippen LogP contribution >= 0.6 is 0 Å². The Kier molecular flexibility index (Phi) is 6.29. The predicted molar refractivity (Wildman–Crippen MR) is 121 cm³/mol. The van der Waals surface area contributed by atoms with Crippen LogP contribution in [0.2, 0.25) is 0 Å². The van der Waals surface area contributed by atoms with Crippen molar-refractivity contribution in [3.63, 3.8) is 0 Å². The predicted octanol–water partition coefficient (Wildman–Crippen LogP) is 4.17. The summed E-state index contributed by atoms with van der Waals surface area (Å²) in [4.78, 5) is 20.6. The van der Waals surface area contributed by atoms with Gasteiger partial charge in [0.2, 0.25) is 5.89 Å². The Morgan fingerprint density at radius 2 is 1.88 bits per heavy atom. The molecule has 0 atom stereocenters. The van der Waals surface area contributed by atoms with Crippen LogP contribution < -0.4 is 10.9 Å². The van der Waals surface area contributed by atoms with Crippen LogP contribution in [0.15, 0.2) is 51.9 Å². The minimum atomic E-state index is -4.53. The minimum Gasteiger partial charge on any atom is -0.415 e. The summed E-state index contributed by atoms with van der Waals surface area (Å²) in [5.74, 6) is 0.443. The van der Waals surface area contributed by atoms with E-state index in [4.69, 9.17) is 4.42 Å². The fraction of sp³-hybridized carbons (Fsp3) is 0.261. The summed E-state index contributed by atoms with van der Waals surface area (Å²) < 4.78 is 44.9. The fourth-order valence-electron chi connectivity index (χ4n) is 3.50. The van der Waals surface area contributed by atoms with Crippen molar-refractivity contribution in [3.05, 3.63) is 69.9 Å². The molecule has 1 N–H and O–H groups in total. The Morgan fingerprint density at radius 1 is 1.12 bits per heavy atom. The quantitative estimate of drug-likeness (QED) is 0.450. The second-order valence-electron chi connectivity index (χ2n) is 7.78. The van der Waals surface area contributed by atoms with Gasteiger partial charge in [0.15, 0.2) is 0 Å². The van der Waals surface area contributed by atoms with Crippen molar-refractivity contribution >= 4 is 0 Å². The zero-order valence-electron chi connectivity index (χ0n) is 18.6. The summed E-state index contributed by atoms with van der Waals surface area (Å²) in [6, 6.07) is 8.35. The van der Waals surface area contributed by atoms with Crippen molar-refractivity contribution in [3.8, 4) is 34.3 Å². The molecule has 0 aliphatic heterocycles. The number of aromatic nitrogens is 5. The van der Waals surface area contributed by atoms with E-state index < -0.39 is 18.3 Å². The first kappa shape index (κ1) is 23.3. The molecule has 0 aliphatic rings. The van der Waals surface area contributed by atoms with Crippen LogP contribution in [-0.4, -0.2) is 38.0 Å². The third kappa shape index (κ3) is 5.04. The molecule has 0 saturated carbocycles. The van der Waals surface area contributed by atoms with Gasteiger partial charge in [0.1, 0.15) is 12.2 Å². The molecular formula is C23H23F3N6O2. The van der Waals surface area contributed by atoms with Crippen LogP contribution in [0.1, 0.15) is 18.2 Å². The van der Waals surface area contributed by atoms with Gasteiger partial charge in [-0.2, -0.15) is 13.2 Å². The second kappa shape index (κ2) is 9.18. The Balaban J connectivity index is 0.00000342. The summed E-state index contributed by atoms with van der Waals surface area (Å²) in [5.41, 5.74) is 3.46. The van der Waals surface area contributed by atoms with Gasteiger partial charge in [0.05, 0.1) is 17.6 Å². The topological polar surface area (TPSA) is 98.7 Å². The zero-order valence-corrected chi connectivity index (χ0v) is 18.6. The number of hydrogen-bond acceptors (Lipinski definition) is 7.